The number of nitrogens with zero attached hydrogens (tertiary/aromatic N) is 1. The molecule has 0 aromatic heterocycles. The Bertz CT molecular complexity index is 1320. The van der Waals surface area contributed by atoms with Crippen molar-refractivity contribution in [1.29, 1.82) is 0 Å². The number of ether oxygens (including phenoxy) is 2. The van der Waals surface area contributed by atoms with E-state index >= 15 is 0 Å². The molecule has 0 aliphatic rings. The van der Waals surface area contributed by atoms with E-state index in [2.05, 4.69) is 0 Å². The fourth-order valence-electron chi connectivity index (χ4n) is 3.16. The van der Waals surface area contributed by atoms with Crippen LogP contribution < -0.4 is 8.92 Å². The topological polar surface area (TPSA) is 82.1 Å². The SMILES string of the molecule is COCCN(Cc1ccc(OC)c(OS(=O)(=O)c2ccc(Cl)c(Cl)c2)c1)C(=O)c1ccccc1Cl. The molecule has 7 nitrogen and oxygen atoms in total. The predicted octanol–water partition coefficient (Wildman–Crippen LogP) is 5.71. The molecule has 0 spiro atoms. The molecule has 0 fully saturated rings. The van der Waals surface area contributed by atoms with E-state index in [1.807, 2.05) is 0 Å². The normalized spacial score (nSPS) is 11.2. The Morgan fingerprint density at radius 1 is 0.886 bits per heavy atom. The van der Waals surface area contributed by atoms with Gasteiger partial charge >= 0.3 is 10.1 Å². The second-order valence-electron chi connectivity index (χ2n) is 7.30. The fraction of sp³-hybridized carbons (Fsp3) is 0.208. The third-order valence-electron chi connectivity index (χ3n) is 4.94. The summed E-state index contributed by atoms with van der Waals surface area (Å²) in [7, 11) is -1.33. The highest BCUT2D eigenvalue weighted by molar-refractivity contribution is 7.87. The van der Waals surface area contributed by atoms with Crippen LogP contribution in [0.5, 0.6) is 11.5 Å². The molecular weight excluding hydrogens is 537 g/mol. The molecule has 0 saturated carbocycles. The first-order chi connectivity index (χ1) is 16.7. The lowest BCUT2D eigenvalue weighted by molar-refractivity contribution is 0.0680. The van der Waals surface area contributed by atoms with Crippen molar-refractivity contribution in [3.05, 3.63) is 86.9 Å². The second kappa shape index (κ2) is 12.0. The lowest BCUT2D eigenvalue weighted by Gasteiger charge is -2.23. The molecule has 0 heterocycles. The smallest absolute Gasteiger partial charge is 0.339 e. The second-order valence-corrected chi connectivity index (χ2v) is 10.1. The first kappa shape index (κ1) is 27.1. The van der Waals surface area contributed by atoms with E-state index in [4.69, 9.17) is 48.5 Å². The number of halogens is 3. The van der Waals surface area contributed by atoms with Crippen molar-refractivity contribution in [3.8, 4) is 11.5 Å². The van der Waals surface area contributed by atoms with Crippen LogP contribution in [0.4, 0.5) is 0 Å². The van der Waals surface area contributed by atoms with Gasteiger partial charge in [0.05, 0.1) is 34.3 Å². The molecule has 0 radical (unpaired) electrons. The van der Waals surface area contributed by atoms with Crippen LogP contribution in [0.25, 0.3) is 0 Å². The summed E-state index contributed by atoms with van der Waals surface area (Å²) in [5.41, 5.74) is 0.944. The average molecular weight is 559 g/mol. The Balaban J connectivity index is 1.91. The zero-order valence-corrected chi connectivity index (χ0v) is 21.9. The summed E-state index contributed by atoms with van der Waals surface area (Å²) >= 11 is 18.1. The van der Waals surface area contributed by atoms with Gasteiger partial charge in [0.2, 0.25) is 0 Å². The van der Waals surface area contributed by atoms with Crippen LogP contribution in [0.15, 0.2) is 65.6 Å². The molecule has 0 aliphatic heterocycles. The minimum absolute atomic E-state index is 0.0482. The maximum atomic E-state index is 13.2. The minimum atomic E-state index is -4.25. The lowest BCUT2D eigenvalue weighted by atomic mass is 10.1. The fourth-order valence-corrected chi connectivity index (χ4v) is 4.70. The van der Waals surface area contributed by atoms with Gasteiger partial charge in [0.25, 0.3) is 5.91 Å². The first-order valence-electron chi connectivity index (χ1n) is 10.3. The van der Waals surface area contributed by atoms with Gasteiger partial charge in [-0.1, -0.05) is 53.0 Å². The number of rotatable bonds is 10. The monoisotopic (exact) mass is 557 g/mol. The zero-order chi connectivity index (χ0) is 25.6. The van der Waals surface area contributed by atoms with Gasteiger partial charge in [-0.3, -0.25) is 4.79 Å². The van der Waals surface area contributed by atoms with E-state index in [9.17, 15) is 13.2 Å². The number of carbonyl (C=O) groups is 1. The van der Waals surface area contributed by atoms with Crippen LogP contribution in [0.2, 0.25) is 15.1 Å². The Morgan fingerprint density at radius 3 is 2.29 bits per heavy atom. The number of amides is 1. The molecule has 0 unspecified atom stereocenters. The van der Waals surface area contributed by atoms with E-state index in [-0.39, 0.29) is 45.4 Å². The highest BCUT2D eigenvalue weighted by Crippen LogP contribution is 2.33. The summed E-state index contributed by atoms with van der Waals surface area (Å²) in [6, 6.07) is 15.3. The number of carbonyl (C=O) groups excluding carboxylic acids is 1. The Morgan fingerprint density at radius 2 is 1.63 bits per heavy atom. The minimum Gasteiger partial charge on any atom is -0.493 e. The first-order valence-corrected chi connectivity index (χ1v) is 12.8. The van der Waals surface area contributed by atoms with Crippen LogP contribution in [-0.4, -0.2) is 46.6 Å². The van der Waals surface area contributed by atoms with Gasteiger partial charge in [0.15, 0.2) is 11.5 Å². The van der Waals surface area contributed by atoms with Gasteiger partial charge in [0, 0.05) is 20.2 Å². The maximum absolute atomic E-state index is 13.2. The van der Waals surface area contributed by atoms with E-state index in [1.165, 1.54) is 38.5 Å². The molecule has 0 N–H and O–H groups in total. The van der Waals surface area contributed by atoms with Crippen molar-refractivity contribution in [2.75, 3.05) is 27.4 Å². The molecular formula is C24H22Cl3NO6S. The van der Waals surface area contributed by atoms with Gasteiger partial charge in [-0.25, -0.2) is 0 Å². The van der Waals surface area contributed by atoms with Gasteiger partial charge in [0.1, 0.15) is 4.90 Å². The van der Waals surface area contributed by atoms with Crippen molar-refractivity contribution in [1.82, 2.24) is 4.90 Å². The van der Waals surface area contributed by atoms with Gasteiger partial charge in [-0.05, 0) is 48.0 Å². The third kappa shape index (κ3) is 6.80. The molecule has 3 aromatic carbocycles. The van der Waals surface area contributed by atoms with Gasteiger partial charge in [-0.15, -0.1) is 0 Å². The molecule has 0 bridgehead atoms. The molecule has 3 aromatic rings. The standard InChI is InChI=1S/C24H22Cl3NO6S/c1-32-12-11-28(24(29)18-5-3-4-6-19(18)25)15-16-7-10-22(33-2)23(13-16)34-35(30,31)17-8-9-20(26)21(27)14-17/h3-10,13-14H,11-12,15H2,1-2H3. The van der Waals surface area contributed by atoms with E-state index in [0.29, 0.717) is 22.8 Å². The molecule has 0 aliphatic carbocycles. The molecule has 11 heteroatoms. The molecule has 0 saturated heterocycles. The third-order valence-corrected chi connectivity index (χ3v) is 7.24. The molecule has 3 rings (SSSR count). The predicted molar refractivity (Wildman–Crippen MR) is 135 cm³/mol. The van der Waals surface area contributed by atoms with Crippen LogP contribution >= 0.6 is 34.8 Å². The lowest BCUT2D eigenvalue weighted by Crippen LogP contribution is -2.33. The quantitative estimate of drug-likeness (QED) is 0.296. The number of hydrogen-bond acceptors (Lipinski definition) is 6. The highest BCUT2D eigenvalue weighted by atomic mass is 35.5. The van der Waals surface area contributed by atoms with Crippen LogP contribution in [-0.2, 0) is 21.4 Å². The summed E-state index contributed by atoms with van der Waals surface area (Å²) in [5.74, 6) is -0.152. The molecule has 186 valence electrons. The van der Waals surface area contributed by atoms with Crippen LogP contribution in [0.3, 0.4) is 0 Å². The number of methoxy groups -OCH3 is 2. The van der Waals surface area contributed by atoms with Gasteiger partial charge in [-0.2, -0.15) is 8.42 Å². The Hall–Kier alpha value is -2.49. The van der Waals surface area contributed by atoms with Gasteiger partial charge < -0.3 is 18.6 Å². The van der Waals surface area contributed by atoms with Crippen molar-refractivity contribution in [3.63, 3.8) is 0 Å². The highest BCUT2D eigenvalue weighted by Gasteiger charge is 2.23. The average Bonchev–Trinajstić information content (AvgIpc) is 2.83. The Kier molecular flexibility index (Phi) is 9.27. The van der Waals surface area contributed by atoms with Crippen LogP contribution in [0, 0.1) is 0 Å². The van der Waals surface area contributed by atoms with Crippen molar-refractivity contribution in [2.24, 2.45) is 0 Å². The molecule has 1 amide bonds. The van der Waals surface area contributed by atoms with Crippen molar-refractivity contribution >= 4 is 50.8 Å². The summed E-state index contributed by atoms with van der Waals surface area (Å²) in [6.45, 7) is 0.715. The Labute approximate surface area is 219 Å². The molecule has 35 heavy (non-hydrogen) atoms. The largest absolute Gasteiger partial charge is 0.493 e. The maximum Gasteiger partial charge on any atom is 0.339 e. The number of benzene rings is 3. The van der Waals surface area contributed by atoms with E-state index in [0.717, 1.165) is 0 Å². The summed E-state index contributed by atoms with van der Waals surface area (Å²) in [6.07, 6.45) is 0. The molecule has 0 atom stereocenters. The van der Waals surface area contributed by atoms with Crippen LogP contribution in [0.1, 0.15) is 15.9 Å². The van der Waals surface area contributed by atoms with E-state index < -0.39 is 10.1 Å². The number of hydrogen-bond donors (Lipinski definition) is 0. The van der Waals surface area contributed by atoms with Crippen molar-refractivity contribution in [2.45, 2.75) is 11.4 Å². The zero-order valence-electron chi connectivity index (χ0n) is 18.8. The summed E-state index contributed by atoms with van der Waals surface area (Å²) in [4.78, 5) is 14.5. The summed E-state index contributed by atoms with van der Waals surface area (Å²) < 4.78 is 41.5. The van der Waals surface area contributed by atoms with Crippen molar-refractivity contribution < 1.29 is 26.9 Å². The van der Waals surface area contributed by atoms with E-state index in [1.54, 1.807) is 41.3 Å². The summed E-state index contributed by atoms with van der Waals surface area (Å²) in [5, 5.41) is 0.611.